The van der Waals surface area contributed by atoms with E-state index in [-0.39, 0.29) is 17.1 Å². The van der Waals surface area contributed by atoms with E-state index in [0.717, 1.165) is 5.69 Å². The van der Waals surface area contributed by atoms with Gasteiger partial charge >= 0.3 is 0 Å². The summed E-state index contributed by atoms with van der Waals surface area (Å²) >= 11 is 3.42. The number of nitrogens with zero attached hydrogens (tertiary/aromatic N) is 1. The lowest BCUT2D eigenvalue weighted by atomic mass is 9.76. The van der Waals surface area contributed by atoms with Crippen LogP contribution in [0.5, 0.6) is 5.88 Å². The lowest BCUT2D eigenvalue weighted by Crippen LogP contribution is -2.27. The molecule has 23 heavy (non-hydrogen) atoms. The normalized spacial score (nSPS) is 16.2. The maximum Gasteiger partial charge on any atom is 0.248 e. The smallest absolute Gasteiger partial charge is 0.248 e. The van der Waals surface area contributed by atoms with Gasteiger partial charge in [0.25, 0.3) is 0 Å². The first kappa shape index (κ1) is 15.8. The number of hydrogen-bond donors (Lipinski definition) is 2. The molecule has 0 spiro atoms. The highest BCUT2D eigenvalue weighted by Gasteiger charge is 2.35. The molecule has 0 atom stereocenters. The number of fused-ring (bicyclic) bond motifs is 1. The van der Waals surface area contributed by atoms with Gasteiger partial charge in [0.1, 0.15) is 0 Å². The first-order valence-electron chi connectivity index (χ1n) is 7.26. The average Bonchev–Trinajstić information content (AvgIpc) is 2.74. The number of nitrogens with two attached hydrogens (primary N) is 1. The van der Waals surface area contributed by atoms with Crippen LogP contribution in [0.3, 0.4) is 0 Å². The number of amides is 1. The van der Waals surface area contributed by atoms with Crippen molar-refractivity contribution in [1.82, 2.24) is 4.57 Å². The molecule has 120 valence electrons. The highest BCUT2D eigenvalue weighted by molar-refractivity contribution is 9.10. The quantitative estimate of drug-likeness (QED) is 0.843. The molecule has 5 nitrogen and oxygen atoms in total. The third kappa shape index (κ3) is 2.67. The topological polar surface area (TPSA) is 85.3 Å². The highest BCUT2D eigenvalue weighted by Crippen LogP contribution is 2.40. The summed E-state index contributed by atoms with van der Waals surface area (Å²) in [6, 6.07) is 6.43. The van der Waals surface area contributed by atoms with E-state index in [4.69, 9.17) is 5.73 Å². The molecule has 1 aliphatic rings. The first-order valence-corrected chi connectivity index (χ1v) is 8.05. The van der Waals surface area contributed by atoms with Crippen molar-refractivity contribution in [3.63, 3.8) is 0 Å². The Morgan fingerprint density at radius 1 is 1.30 bits per heavy atom. The summed E-state index contributed by atoms with van der Waals surface area (Å²) in [6.07, 6.45) is 1.14. The van der Waals surface area contributed by atoms with E-state index in [1.54, 1.807) is 22.8 Å². The van der Waals surface area contributed by atoms with Gasteiger partial charge in [-0.25, -0.2) is 0 Å². The molecule has 0 unspecified atom stereocenters. The number of halogens is 1. The predicted molar refractivity (Wildman–Crippen MR) is 90.1 cm³/mol. The molecule has 3 rings (SSSR count). The van der Waals surface area contributed by atoms with E-state index in [0.29, 0.717) is 34.1 Å². The van der Waals surface area contributed by atoms with Crippen molar-refractivity contribution in [1.29, 1.82) is 0 Å². The summed E-state index contributed by atoms with van der Waals surface area (Å²) in [5.41, 5.74) is 7.51. The van der Waals surface area contributed by atoms with Crippen molar-refractivity contribution >= 4 is 27.6 Å². The van der Waals surface area contributed by atoms with Crippen molar-refractivity contribution in [2.75, 3.05) is 0 Å². The van der Waals surface area contributed by atoms with E-state index in [1.807, 2.05) is 13.8 Å². The number of rotatable bonds is 2. The van der Waals surface area contributed by atoms with Crippen LogP contribution in [0.1, 0.15) is 46.7 Å². The molecule has 1 amide bonds. The molecule has 3 N–H and O–H groups in total. The Bertz CT molecular complexity index is 837. The second-order valence-electron chi connectivity index (χ2n) is 6.67. The van der Waals surface area contributed by atoms with E-state index >= 15 is 0 Å². The summed E-state index contributed by atoms with van der Waals surface area (Å²) in [5, 5.41) is 10.3. The van der Waals surface area contributed by atoms with Crippen LogP contribution in [0.25, 0.3) is 5.69 Å². The van der Waals surface area contributed by atoms with Crippen molar-refractivity contribution in [3.05, 3.63) is 45.6 Å². The molecule has 0 saturated carbocycles. The number of primary amides is 1. The lowest BCUT2D eigenvalue weighted by Gasteiger charge is -2.29. The standard InChI is InChI=1S/C17H17BrN2O3/c1-17(2)7-13-10(14(21)8-17)6-15(22)20(13)12-4-3-9(16(19)23)5-11(12)18/h3-6,22H,7-8H2,1-2H3,(H2,19,23). The van der Waals surface area contributed by atoms with E-state index in [1.165, 1.54) is 6.07 Å². The number of carbonyl (C=O) groups is 2. The van der Waals surface area contributed by atoms with Crippen molar-refractivity contribution in [2.45, 2.75) is 26.7 Å². The van der Waals surface area contributed by atoms with Gasteiger partial charge in [0, 0.05) is 33.8 Å². The minimum Gasteiger partial charge on any atom is -0.494 e. The van der Waals surface area contributed by atoms with Gasteiger partial charge in [-0.2, -0.15) is 0 Å². The van der Waals surface area contributed by atoms with Gasteiger partial charge in [0.2, 0.25) is 5.91 Å². The van der Waals surface area contributed by atoms with Crippen molar-refractivity contribution in [2.24, 2.45) is 11.1 Å². The molecule has 2 aromatic rings. The number of aromatic hydroxyl groups is 1. The molecule has 0 saturated heterocycles. The van der Waals surface area contributed by atoms with Crippen LogP contribution in [-0.4, -0.2) is 21.4 Å². The fourth-order valence-electron chi connectivity index (χ4n) is 3.11. The molecule has 0 radical (unpaired) electrons. The Labute approximate surface area is 142 Å². The van der Waals surface area contributed by atoms with E-state index in [9.17, 15) is 14.7 Å². The molecule has 0 bridgehead atoms. The molecule has 1 heterocycles. The number of hydrogen-bond acceptors (Lipinski definition) is 3. The van der Waals surface area contributed by atoms with E-state index < -0.39 is 5.91 Å². The lowest BCUT2D eigenvalue weighted by molar-refractivity contribution is 0.0910. The molecule has 0 fully saturated rings. The summed E-state index contributed by atoms with van der Waals surface area (Å²) in [5.74, 6) is -0.476. The van der Waals surface area contributed by atoms with Crippen LogP contribution in [-0.2, 0) is 6.42 Å². The zero-order chi connectivity index (χ0) is 16.9. The molecular weight excluding hydrogens is 360 g/mol. The monoisotopic (exact) mass is 376 g/mol. The fraction of sp³-hybridized carbons (Fsp3) is 0.294. The zero-order valence-corrected chi connectivity index (χ0v) is 14.5. The number of ketones is 1. The van der Waals surface area contributed by atoms with Crippen LogP contribution >= 0.6 is 15.9 Å². The van der Waals surface area contributed by atoms with Crippen LogP contribution in [0, 0.1) is 5.41 Å². The van der Waals surface area contributed by atoms with Gasteiger partial charge in [-0.3, -0.25) is 14.2 Å². The Kier molecular flexibility index (Phi) is 3.59. The van der Waals surface area contributed by atoms with Crippen molar-refractivity contribution < 1.29 is 14.7 Å². The summed E-state index contributed by atoms with van der Waals surface area (Å²) < 4.78 is 2.28. The second kappa shape index (κ2) is 5.23. The molecular formula is C17H17BrN2O3. The minimum atomic E-state index is -0.521. The zero-order valence-electron chi connectivity index (χ0n) is 12.9. The Morgan fingerprint density at radius 2 is 2.00 bits per heavy atom. The Hall–Kier alpha value is -2.08. The van der Waals surface area contributed by atoms with Gasteiger partial charge in [-0.05, 0) is 46.0 Å². The van der Waals surface area contributed by atoms with Gasteiger partial charge in [0.05, 0.1) is 5.69 Å². The maximum atomic E-state index is 12.3. The van der Waals surface area contributed by atoms with Gasteiger partial charge in [0.15, 0.2) is 11.7 Å². The third-order valence-electron chi connectivity index (χ3n) is 4.14. The number of Topliss-reactive ketones (excluding diaryl/α,β-unsaturated/α-hetero) is 1. The van der Waals surface area contributed by atoms with E-state index in [2.05, 4.69) is 15.9 Å². The molecule has 1 aliphatic carbocycles. The third-order valence-corrected chi connectivity index (χ3v) is 4.78. The molecule has 6 heteroatoms. The summed E-state index contributed by atoms with van der Waals surface area (Å²) in [4.78, 5) is 23.6. The highest BCUT2D eigenvalue weighted by atomic mass is 79.9. The second-order valence-corrected chi connectivity index (χ2v) is 7.52. The molecule has 1 aromatic heterocycles. The average molecular weight is 377 g/mol. The summed E-state index contributed by atoms with van der Waals surface area (Å²) in [6.45, 7) is 4.07. The van der Waals surface area contributed by atoms with Crippen LogP contribution in [0.4, 0.5) is 0 Å². The minimum absolute atomic E-state index is 0.00794. The van der Waals surface area contributed by atoms with Crippen LogP contribution in [0.15, 0.2) is 28.7 Å². The number of carbonyl (C=O) groups excluding carboxylic acids is 2. The first-order chi connectivity index (χ1) is 10.7. The van der Waals surface area contributed by atoms with Gasteiger partial charge in [-0.1, -0.05) is 13.8 Å². The van der Waals surface area contributed by atoms with Crippen LogP contribution in [0.2, 0.25) is 0 Å². The Morgan fingerprint density at radius 3 is 2.61 bits per heavy atom. The fourth-order valence-corrected chi connectivity index (χ4v) is 3.66. The van der Waals surface area contributed by atoms with Gasteiger partial charge < -0.3 is 10.8 Å². The Balaban J connectivity index is 2.19. The molecule has 1 aromatic carbocycles. The largest absolute Gasteiger partial charge is 0.494 e. The summed E-state index contributed by atoms with van der Waals surface area (Å²) in [7, 11) is 0. The SMILES string of the molecule is CC1(C)CC(=O)c2cc(O)n(-c3ccc(C(N)=O)cc3Br)c2C1. The number of benzene rings is 1. The van der Waals surface area contributed by atoms with Crippen molar-refractivity contribution in [3.8, 4) is 11.6 Å². The van der Waals surface area contributed by atoms with Crippen LogP contribution < -0.4 is 5.73 Å². The molecule has 0 aliphatic heterocycles. The number of aromatic nitrogens is 1. The van der Waals surface area contributed by atoms with Gasteiger partial charge in [-0.15, -0.1) is 0 Å². The predicted octanol–water partition coefficient (Wildman–Crippen LogP) is 3.20. The maximum absolute atomic E-state index is 12.3.